The van der Waals surface area contributed by atoms with Crippen molar-refractivity contribution in [2.75, 3.05) is 0 Å². The fourth-order valence-corrected chi connectivity index (χ4v) is 3.10. The Hall–Kier alpha value is -3.77. The van der Waals surface area contributed by atoms with E-state index in [2.05, 4.69) is 25.9 Å². The summed E-state index contributed by atoms with van der Waals surface area (Å²) < 4.78 is 0. The van der Waals surface area contributed by atoms with Crippen LogP contribution in [-0.2, 0) is 32.0 Å². The Morgan fingerprint density at radius 3 is 2.15 bits per heavy atom. The van der Waals surface area contributed by atoms with Gasteiger partial charge in [-0.15, -0.1) is 0 Å². The monoisotopic (exact) mass is 474 g/mol. The summed E-state index contributed by atoms with van der Waals surface area (Å²) in [7, 11) is 0. The molecule has 0 radical (unpaired) electrons. The second-order valence-corrected chi connectivity index (χ2v) is 7.95. The Morgan fingerprint density at radius 1 is 0.971 bits per heavy atom. The number of benzene rings is 1. The highest BCUT2D eigenvalue weighted by atomic mass is 16.4. The zero-order chi connectivity index (χ0) is 25.3. The number of carboxylic acid groups (broad SMARTS) is 1. The van der Waals surface area contributed by atoms with Gasteiger partial charge >= 0.3 is 5.97 Å². The zero-order valence-electron chi connectivity index (χ0n) is 18.9. The van der Waals surface area contributed by atoms with Gasteiger partial charge in [0, 0.05) is 24.7 Å². The highest BCUT2D eigenvalue weighted by molar-refractivity contribution is 5.94. The predicted molar refractivity (Wildman–Crippen MR) is 121 cm³/mol. The molecule has 2 aromatic rings. The van der Waals surface area contributed by atoms with E-state index >= 15 is 0 Å². The highest BCUT2D eigenvalue weighted by Gasteiger charge is 2.32. The van der Waals surface area contributed by atoms with Gasteiger partial charge in [-0.05, 0) is 19.4 Å². The number of hydrogen-bond acceptors (Lipinski definition) is 7. The summed E-state index contributed by atoms with van der Waals surface area (Å²) in [5, 5.41) is 26.9. The van der Waals surface area contributed by atoms with Crippen LogP contribution in [0.3, 0.4) is 0 Å². The Bertz CT molecular complexity index is 964. The molecule has 0 bridgehead atoms. The molecule has 2 rings (SSSR count). The van der Waals surface area contributed by atoms with E-state index in [0.29, 0.717) is 5.69 Å². The molecule has 0 aliphatic rings. The summed E-state index contributed by atoms with van der Waals surface area (Å²) in [6.45, 7) is 2.74. The molecule has 34 heavy (non-hydrogen) atoms. The second-order valence-electron chi connectivity index (χ2n) is 7.95. The first kappa shape index (κ1) is 26.5. The molecule has 1 aromatic heterocycles. The minimum atomic E-state index is -1.47. The second kappa shape index (κ2) is 12.5. The van der Waals surface area contributed by atoms with E-state index in [1.807, 2.05) is 0 Å². The normalized spacial score (nSPS) is 15.3. The van der Waals surface area contributed by atoms with Gasteiger partial charge < -0.3 is 36.9 Å². The first-order valence-electron chi connectivity index (χ1n) is 10.7. The Kier molecular flexibility index (Phi) is 9.71. The molecule has 1 aromatic carbocycles. The summed E-state index contributed by atoms with van der Waals surface area (Å²) >= 11 is 0. The van der Waals surface area contributed by atoms with Gasteiger partial charge in [0.2, 0.25) is 17.7 Å². The maximum Gasteiger partial charge on any atom is 0.326 e. The third-order valence-electron chi connectivity index (χ3n) is 4.99. The average molecular weight is 475 g/mol. The number of rotatable bonds is 12. The number of imidazole rings is 1. The van der Waals surface area contributed by atoms with Crippen molar-refractivity contribution in [1.29, 1.82) is 0 Å². The molecule has 8 N–H and O–H groups in total. The van der Waals surface area contributed by atoms with Gasteiger partial charge in [-0.1, -0.05) is 30.3 Å². The number of carbonyl (C=O) groups excluding carboxylic acids is 3. The summed E-state index contributed by atoms with van der Waals surface area (Å²) in [5.41, 5.74) is 6.83. The lowest BCUT2D eigenvalue weighted by molar-refractivity contribution is -0.143. The van der Waals surface area contributed by atoms with E-state index in [0.717, 1.165) is 5.56 Å². The van der Waals surface area contributed by atoms with E-state index in [-0.39, 0.29) is 12.8 Å². The van der Waals surface area contributed by atoms with Crippen LogP contribution >= 0.6 is 0 Å². The van der Waals surface area contributed by atoms with Gasteiger partial charge in [0.25, 0.3) is 0 Å². The number of aliphatic hydroxyl groups is 1. The number of aliphatic carboxylic acids is 1. The van der Waals surface area contributed by atoms with Gasteiger partial charge in [-0.2, -0.15) is 0 Å². The smallest absolute Gasteiger partial charge is 0.326 e. The molecule has 5 atom stereocenters. The third kappa shape index (κ3) is 7.98. The van der Waals surface area contributed by atoms with E-state index in [1.165, 1.54) is 26.4 Å². The van der Waals surface area contributed by atoms with Gasteiger partial charge in [-0.3, -0.25) is 14.4 Å². The van der Waals surface area contributed by atoms with Crippen LogP contribution in [0, 0.1) is 0 Å². The molecule has 0 aliphatic heterocycles. The lowest BCUT2D eigenvalue weighted by Crippen LogP contribution is -2.60. The molecule has 0 saturated carbocycles. The number of hydrogen-bond donors (Lipinski definition) is 7. The first-order chi connectivity index (χ1) is 16.1. The number of aromatic nitrogens is 2. The number of H-pyrrole nitrogens is 1. The summed E-state index contributed by atoms with van der Waals surface area (Å²) in [6.07, 6.45) is 1.47. The number of carbonyl (C=O) groups is 4. The molecule has 3 amide bonds. The summed E-state index contributed by atoms with van der Waals surface area (Å²) in [6, 6.07) is 4.12. The van der Waals surface area contributed by atoms with Crippen LogP contribution in [0.1, 0.15) is 25.1 Å². The Balaban J connectivity index is 2.15. The molecule has 0 aliphatic carbocycles. The molecular weight excluding hydrogens is 444 g/mol. The largest absolute Gasteiger partial charge is 0.480 e. The predicted octanol–water partition coefficient (Wildman–Crippen LogP) is -1.54. The standard InChI is InChI=1S/C22H30N6O6/c1-12(23)19(30)26-16(8-14-6-4-3-5-7-14)20(31)28-18(13(2)29)21(32)27-17(22(33)34)9-15-10-24-11-25-15/h3-7,10-13,16-18,29H,8-9,23H2,1-2H3,(H,24,25)(H,26,30)(H,27,32)(H,28,31)(H,33,34). The fourth-order valence-electron chi connectivity index (χ4n) is 3.10. The van der Waals surface area contributed by atoms with Crippen LogP contribution in [0.2, 0.25) is 0 Å². The van der Waals surface area contributed by atoms with Crippen molar-refractivity contribution in [2.45, 2.75) is 57.0 Å². The number of nitrogens with zero attached hydrogens (tertiary/aromatic N) is 1. The van der Waals surface area contributed by atoms with Gasteiger partial charge in [-0.25, -0.2) is 9.78 Å². The van der Waals surface area contributed by atoms with Crippen LogP contribution in [0.15, 0.2) is 42.9 Å². The van der Waals surface area contributed by atoms with Gasteiger partial charge in [0.1, 0.15) is 18.1 Å². The van der Waals surface area contributed by atoms with Crippen LogP contribution in [-0.4, -0.2) is 74.1 Å². The Morgan fingerprint density at radius 2 is 1.62 bits per heavy atom. The quantitative estimate of drug-likeness (QED) is 0.192. The summed E-state index contributed by atoms with van der Waals surface area (Å²) in [5.74, 6) is -3.50. The Labute approximate surface area is 196 Å². The molecule has 0 spiro atoms. The first-order valence-corrected chi connectivity index (χ1v) is 10.7. The van der Waals surface area contributed by atoms with E-state index < -0.39 is 54.0 Å². The van der Waals surface area contributed by atoms with Crippen molar-refractivity contribution in [3.05, 3.63) is 54.1 Å². The number of carboxylic acids is 1. The molecule has 0 saturated heterocycles. The lowest BCUT2D eigenvalue weighted by atomic mass is 10.0. The number of aromatic amines is 1. The van der Waals surface area contributed by atoms with Crippen molar-refractivity contribution in [3.8, 4) is 0 Å². The van der Waals surface area contributed by atoms with Crippen LogP contribution in [0.25, 0.3) is 0 Å². The number of nitrogens with one attached hydrogen (secondary N) is 4. The van der Waals surface area contributed by atoms with E-state index in [4.69, 9.17) is 5.73 Å². The maximum atomic E-state index is 13.0. The number of aliphatic hydroxyl groups excluding tert-OH is 1. The number of amides is 3. The van der Waals surface area contributed by atoms with E-state index in [9.17, 15) is 29.4 Å². The van der Waals surface area contributed by atoms with Crippen LogP contribution < -0.4 is 21.7 Å². The van der Waals surface area contributed by atoms with Gasteiger partial charge in [0.05, 0.1) is 18.5 Å². The highest BCUT2D eigenvalue weighted by Crippen LogP contribution is 2.06. The topological polar surface area (TPSA) is 200 Å². The van der Waals surface area contributed by atoms with Crippen molar-refractivity contribution in [1.82, 2.24) is 25.9 Å². The molecule has 184 valence electrons. The minimum Gasteiger partial charge on any atom is -0.480 e. The molecule has 12 nitrogen and oxygen atoms in total. The van der Waals surface area contributed by atoms with Crippen LogP contribution in [0.4, 0.5) is 0 Å². The zero-order valence-corrected chi connectivity index (χ0v) is 18.9. The van der Waals surface area contributed by atoms with Crippen molar-refractivity contribution in [3.63, 3.8) is 0 Å². The lowest BCUT2D eigenvalue weighted by Gasteiger charge is -2.26. The molecule has 5 unspecified atom stereocenters. The molecule has 0 fully saturated rings. The molecule has 1 heterocycles. The molecular formula is C22H30N6O6. The van der Waals surface area contributed by atoms with Gasteiger partial charge in [0.15, 0.2) is 0 Å². The van der Waals surface area contributed by atoms with Crippen LogP contribution in [0.5, 0.6) is 0 Å². The maximum absolute atomic E-state index is 13.0. The SMILES string of the molecule is CC(N)C(=O)NC(Cc1ccccc1)C(=O)NC(C(=O)NC(Cc1cnc[nH]1)C(=O)O)C(C)O. The van der Waals surface area contributed by atoms with Crippen molar-refractivity contribution in [2.24, 2.45) is 5.73 Å². The number of nitrogens with two attached hydrogens (primary N) is 1. The molecule has 12 heteroatoms. The fraction of sp³-hybridized carbons (Fsp3) is 0.409. The van der Waals surface area contributed by atoms with E-state index in [1.54, 1.807) is 30.3 Å². The summed E-state index contributed by atoms with van der Waals surface area (Å²) in [4.78, 5) is 56.1. The van der Waals surface area contributed by atoms with Crippen molar-refractivity contribution >= 4 is 23.7 Å². The minimum absolute atomic E-state index is 0.0807. The average Bonchev–Trinajstić information content (AvgIpc) is 3.29. The third-order valence-corrected chi connectivity index (χ3v) is 4.99. The van der Waals surface area contributed by atoms with Crippen molar-refractivity contribution < 1.29 is 29.4 Å².